The molecule has 0 saturated heterocycles. The molecule has 2 aliphatic heterocycles. The zero-order valence-electron chi connectivity index (χ0n) is 21.2. The van der Waals surface area contributed by atoms with Crippen LogP contribution in [0.25, 0.3) is 5.57 Å². The van der Waals surface area contributed by atoms with Gasteiger partial charge in [0.25, 0.3) is 5.78 Å². The molecule has 0 aliphatic carbocycles. The monoisotopic (exact) mass is 462 g/mol. The van der Waals surface area contributed by atoms with E-state index in [1.54, 1.807) is 0 Å². The lowest BCUT2D eigenvalue weighted by Gasteiger charge is -2.26. The van der Waals surface area contributed by atoms with E-state index >= 15 is 0 Å². The van der Waals surface area contributed by atoms with Crippen LogP contribution in [0.15, 0.2) is 47.7 Å². The first-order valence-electron chi connectivity index (χ1n) is 11.5. The highest BCUT2D eigenvalue weighted by molar-refractivity contribution is 6.88. The maximum absolute atomic E-state index is 14.2. The Morgan fingerprint density at radius 2 is 1.42 bits per heavy atom. The van der Waals surface area contributed by atoms with Gasteiger partial charge in [-0.05, 0) is 33.6 Å². The van der Waals surface area contributed by atoms with E-state index < -0.39 is 19.8 Å². The maximum Gasteiger partial charge on any atom is 0.347 e. The van der Waals surface area contributed by atoms with Crippen molar-refractivity contribution in [3.05, 3.63) is 69.9 Å². The van der Waals surface area contributed by atoms with Crippen molar-refractivity contribution in [3.8, 4) is 5.75 Å². The van der Waals surface area contributed by atoms with Gasteiger partial charge in [0.15, 0.2) is 0 Å². The topological polar surface area (TPSA) is 52.6 Å². The van der Waals surface area contributed by atoms with Crippen LogP contribution in [0.5, 0.6) is 5.75 Å². The number of rotatable bonds is 2. The highest BCUT2D eigenvalue weighted by Gasteiger charge is 2.63. The van der Waals surface area contributed by atoms with Crippen LogP contribution in [0.1, 0.15) is 68.6 Å². The van der Waals surface area contributed by atoms with Crippen LogP contribution in [0.4, 0.5) is 0 Å². The smallest absolute Gasteiger partial charge is 0.347 e. The number of ether oxygens (including phenoxy) is 2. The molecule has 0 bridgehead atoms. The molecule has 5 heteroatoms. The number of carbonyl (C=O) groups excluding carboxylic acids is 2. The molecule has 1 spiro atoms. The minimum Gasteiger partial charge on any atom is -0.441 e. The number of carbonyl (C=O) groups is 2. The third-order valence-corrected chi connectivity index (χ3v) is 8.34. The first kappa shape index (κ1) is 23.5. The van der Waals surface area contributed by atoms with Gasteiger partial charge in [-0.2, -0.15) is 0 Å². The molecule has 0 fully saturated rings. The van der Waals surface area contributed by atoms with Gasteiger partial charge >= 0.3 is 11.8 Å². The van der Waals surface area contributed by atoms with Crippen LogP contribution in [-0.2, 0) is 20.4 Å². The number of fused-ring (bicyclic) bond motifs is 1. The van der Waals surface area contributed by atoms with E-state index in [0.29, 0.717) is 22.1 Å². The molecule has 0 radical (unpaired) electrons. The lowest BCUT2D eigenvalue weighted by atomic mass is 9.77. The summed E-state index contributed by atoms with van der Waals surface area (Å²) in [5, 5.41) is 0.614. The summed E-state index contributed by atoms with van der Waals surface area (Å²) in [6, 6.07) is 13.6. The summed E-state index contributed by atoms with van der Waals surface area (Å²) in [6.45, 7) is 19.0. The van der Waals surface area contributed by atoms with Crippen molar-refractivity contribution in [2.75, 3.05) is 0 Å². The molecular weight excluding hydrogens is 428 g/mol. The van der Waals surface area contributed by atoms with E-state index in [1.165, 1.54) is 0 Å². The number of benzene rings is 2. The molecule has 1 atom stereocenters. The van der Waals surface area contributed by atoms with Gasteiger partial charge in [0.05, 0.1) is 19.2 Å². The van der Waals surface area contributed by atoms with Crippen molar-refractivity contribution in [3.63, 3.8) is 0 Å². The second-order valence-corrected chi connectivity index (χ2v) is 17.2. The van der Waals surface area contributed by atoms with Crippen LogP contribution in [0.3, 0.4) is 0 Å². The summed E-state index contributed by atoms with van der Waals surface area (Å²) in [4.78, 5) is 27.5. The van der Waals surface area contributed by atoms with Crippen molar-refractivity contribution in [1.29, 1.82) is 0 Å². The minimum atomic E-state index is -2.18. The highest BCUT2D eigenvalue weighted by Crippen LogP contribution is 2.53. The molecule has 0 aromatic heterocycles. The largest absolute Gasteiger partial charge is 0.441 e. The fourth-order valence-electron chi connectivity index (χ4n) is 4.67. The van der Waals surface area contributed by atoms with Crippen molar-refractivity contribution in [2.24, 2.45) is 0 Å². The molecule has 0 saturated carbocycles. The Labute approximate surface area is 198 Å². The van der Waals surface area contributed by atoms with E-state index in [1.807, 2.05) is 36.4 Å². The number of Topliss-reactive ketones (excluding diaryl/α,β-unsaturated/α-hetero) is 1. The molecule has 0 amide bonds. The lowest BCUT2D eigenvalue weighted by molar-refractivity contribution is -0.157. The minimum absolute atomic E-state index is 0.134. The van der Waals surface area contributed by atoms with Gasteiger partial charge in [-0.15, -0.1) is 0 Å². The van der Waals surface area contributed by atoms with Gasteiger partial charge in [0.2, 0.25) is 0 Å². The van der Waals surface area contributed by atoms with E-state index in [-0.39, 0.29) is 16.6 Å². The zero-order valence-corrected chi connectivity index (χ0v) is 22.2. The van der Waals surface area contributed by atoms with Gasteiger partial charge in [0.1, 0.15) is 5.75 Å². The molecular formula is C28H34O4Si. The van der Waals surface area contributed by atoms with E-state index in [9.17, 15) is 9.59 Å². The van der Waals surface area contributed by atoms with E-state index in [4.69, 9.17) is 9.47 Å². The average Bonchev–Trinajstić information content (AvgIpc) is 3.13. The number of esters is 1. The molecule has 174 valence electrons. The standard InChI is InChI=1S/C28H34O4Si/c1-26(2,3)18-15-19(27(4,5)6)21-20(16-18)31-28(24(21)29)22(17-13-11-10-12-14-17)23(25(30)32-28)33(7,8)9/h10-16H,1-9H3. The third kappa shape index (κ3) is 3.67. The van der Waals surface area contributed by atoms with Gasteiger partial charge in [-0.25, -0.2) is 4.79 Å². The molecule has 1 unspecified atom stereocenters. The summed E-state index contributed by atoms with van der Waals surface area (Å²) in [7, 11) is -2.18. The van der Waals surface area contributed by atoms with Gasteiger partial charge < -0.3 is 9.47 Å². The van der Waals surface area contributed by atoms with E-state index in [2.05, 4.69) is 67.2 Å². The Morgan fingerprint density at radius 1 is 0.818 bits per heavy atom. The quantitative estimate of drug-likeness (QED) is 0.381. The summed E-state index contributed by atoms with van der Waals surface area (Å²) in [5.74, 6) is -2.01. The van der Waals surface area contributed by atoms with Gasteiger partial charge in [-0.3, -0.25) is 4.79 Å². The van der Waals surface area contributed by atoms with Crippen LogP contribution >= 0.6 is 0 Å². The SMILES string of the molecule is CC(C)(C)c1cc2c(c(C(C)(C)C)c1)C(=O)C1(OC(=O)C([Si](C)(C)C)=C1c1ccccc1)O2. The number of ketones is 1. The van der Waals surface area contributed by atoms with Gasteiger partial charge in [0, 0.05) is 5.20 Å². The Bertz CT molecular complexity index is 1190. The molecule has 4 nitrogen and oxygen atoms in total. The van der Waals surface area contributed by atoms with Crippen molar-refractivity contribution in [2.45, 2.75) is 77.8 Å². The Balaban J connectivity index is 2.03. The highest BCUT2D eigenvalue weighted by atomic mass is 28.3. The Morgan fingerprint density at radius 3 is 1.94 bits per heavy atom. The van der Waals surface area contributed by atoms with E-state index in [0.717, 1.165) is 16.7 Å². The van der Waals surface area contributed by atoms with Crippen LogP contribution < -0.4 is 4.74 Å². The predicted molar refractivity (Wildman–Crippen MR) is 134 cm³/mol. The molecule has 2 aromatic carbocycles. The normalized spacial score (nSPS) is 20.9. The second kappa shape index (κ2) is 7.17. The van der Waals surface area contributed by atoms with Crippen molar-refractivity contribution in [1.82, 2.24) is 0 Å². The summed E-state index contributed by atoms with van der Waals surface area (Å²) in [5.41, 5.74) is 3.45. The van der Waals surface area contributed by atoms with Crippen LogP contribution in [0, 0.1) is 0 Å². The lowest BCUT2D eigenvalue weighted by Crippen LogP contribution is -2.42. The molecule has 33 heavy (non-hydrogen) atoms. The third-order valence-electron chi connectivity index (χ3n) is 6.39. The first-order valence-corrected chi connectivity index (χ1v) is 15.0. The summed E-state index contributed by atoms with van der Waals surface area (Å²) >= 11 is 0. The molecule has 0 N–H and O–H groups in total. The maximum atomic E-state index is 14.2. The fourth-order valence-corrected chi connectivity index (χ4v) is 6.39. The molecule has 2 heterocycles. The predicted octanol–water partition coefficient (Wildman–Crippen LogP) is 6.44. The molecule has 2 aliphatic rings. The number of hydrogen-bond acceptors (Lipinski definition) is 4. The first-order chi connectivity index (χ1) is 15.1. The molecule has 2 aromatic rings. The zero-order chi connectivity index (χ0) is 24.6. The van der Waals surface area contributed by atoms with Crippen LogP contribution in [-0.4, -0.2) is 25.6 Å². The average molecular weight is 463 g/mol. The molecule has 4 rings (SSSR count). The summed E-state index contributed by atoms with van der Waals surface area (Å²) in [6.07, 6.45) is 0. The van der Waals surface area contributed by atoms with Crippen molar-refractivity contribution < 1.29 is 19.1 Å². The second-order valence-electron chi connectivity index (χ2n) is 12.2. The Hall–Kier alpha value is -2.66. The Kier molecular flexibility index (Phi) is 5.10. The van der Waals surface area contributed by atoms with Crippen LogP contribution in [0.2, 0.25) is 19.6 Å². The fraction of sp³-hybridized carbons (Fsp3) is 0.429. The van der Waals surface area contributed by atoms with Crippen molar-refractivity contribution >= 4 is 25.4 Å². The van der Waals surface area contributed by atoms with Gasteiger partial charge in [-0.1, -0.05) is 97.6 Å². The number of hydrogen-bond donors (Lipinski definition) is 0. The summed E-state index contributed by atoms with van der Waals surface area (Å²) < 4.78 is 12.4.